The Hall–Kier alpha value is -2.28. The number of nitrogen functional groups attached to an aromatic ring is 1. The highest BCUT2D eigenvalue weighted by molar-refractivity contribution is 5.86. The smallest absolute Gasteiger partial charge is 0.0314 e. The molecule has 0 saturated heterocycles. The van der Waals surface area contributed by atoms with Crippen molar-refractivity contribution < 1.29 is 0 Å². The predicted molar refractivity (Wildman–Crippen MR) is 108 cm³/mol. The Kier molecular flexibility index (Phi) is 4.48. The Balaban J connectivity index is 1.46. The summed E-state index contributed by atoms with van der Waals surface area (Å²) in [6, 6.07) is 24.1. The van der Waals surface area contributed by atoms with Crippen LogP contribution in [-0.4, -0.2) is 0 Å². The third-order valence-corrected chi connectivity index (χ3v) is 5.99. The lowest BCUT2D eigenvalue weighted by molar-refractivity contribution is 0.456. The van der Waals surface area contributed by atoms with E-state index in [2.05, 4.69) is 61.5 Å². The van der Waals surface area contributed by atoms with E-state index in [9.17, 15) is 0 Å². The third kappa shape index (κ3) is 3.42. The first-order valence-corrected chi connectivity index (χ1v) is 9.54. The van der Waals surface area contributed by atoms with Crippen LogP contribution in [0.1, 0.15) is 55.6 Å². The van der Waals surface area contributed by atoms with Gasteiger partial charge in [-0.25, -0.2) is 0 Å². The van der Waals surface area contributed by atoms with Crippen LogP contribution in [0.5, 0.6) is 0 Å². The fourth-order valence-electron chi connectivity index (χ4n) is 4.67. The van der Waals surface area contributed by atoms with Gasteiger partial charge < -0.3 is 5.73 Å². The third-order valence-electron chi connectivity index (χ3n) is 5.99. The van der Waals surface area contributed by atoms with Crippen LogP contribution < -0.4 is 5.73 Å². The van der Waals surface area contributed by atoms with Crippen molar-refractivity contribution in [2.75, 3.05) is 5.73 Å². The van der Waals surface area contributed by atoms with E-state index in [1.54, 1.807) is 0 Å². The fraction of sp³-hybridized carbons (Fsp3) is 0.333. The van der Waals surface area contributed by atoms with Crippen LogP contribution >= 0.6 is 0 Å². The number of hydrogen-bond acceptors (Lipinski definition) is 1. The van der Waals surface area contributed by atoms with Gasteiger partial charge in [0.2, 0.25) is 0 Å². The van der Waals surface area contributed by atoms with Crippen LogP contribution in [-0.2, 0) is 0 Å². The van der Waals surface area contributed by atoms with Crippen LogP contribution in [0.4, 0.5) is 5.69 Å². The summed E-state index contributed by atoms with van der Waals surface area (Å²) in [5, 5.41) is 2.78. The van der Waals surface area contributed by atoms with Crippen molar-refractivity contribution in [2.45, 2.75) is 44.4 Å². The van der Waals surface area contributed by atoms with E-state index in [1.165, 1.54) is 47.6 Å². The van der Waals surface area contributed by atoms with E-state index in [0.717, 1.165) is 11.6 Å². The van der Waals surface area contributed by atoms with Gasteiger partial charge in [-0.15, -0.1) is 0 Å². The van der Waals surface area contributed by atoms with E-state index >= 15 is 0 Å². The van der Waals surface area contributed by atoms with Gasteiger partial charge in [-0.1, -0.05) is 61.5 Å². The molecule has 0 amide bonds. The highest BCUT2D eigenvalue weighted by atomic mass is 14.5. The minimum Gasteiger partial charge on any atom is -0.399 e. The van der Waals surface area contributed by atoms with E-state index in [4.69, 9.17) is 5.73 Å². The zero-order valence-corrected chi connectivity index (χ0v) is 15.0. The first kappa shape index (κ1) is 16.2. The summed E-state index contributed by atoms with van der Waals surface area (Å²) >= 11 is 0. The molecule has 25 heavy (non-hydrogen) atoms. The average Bonchev–Trinajstić information content (AvgIpc) is 3.10. The molecule has 0 unspecified atom stereocenters. The Morgan fingerprint density at radius 3 is 2.52 bits per heavy atom. The van der Waals surface area contributed by atoms with Crippen molar-refractivity contribution in [1.29, 1.82) is 0 Å². The molecule has 3 aromatic rings. The molecule has 128 valence electrons. The van der Waals surface area contributed by atoms with Gasteiger partial charge >= 0.3 is 0 Å². The summed E-state index contributed by atoms with van der Waals surface area (Å²) in [5.41, 5.74) is 9.67. The standard InChI is InChI=1S/C24H27N/c1-17(23-8-4-6-20-5-2-3-7-24(20)23)15-18-9-10-21(16-18)19-11-13-22(25)14-12-19/h2-8,11-14,17-18,21H,9-10,15-16,25H2,1H3/t17-,18+,21+/m0/s1. The van der Waals surface area contributed by atoms with Crippen LogP contribution in [0.2, 0.25) is 0 Å². The lowest BCUT2D eigenvalue weighted by Crippen LogP contribution is -2.03. The van der Waals surface area contributed by atoms with E-state index in [0.29, 0.717) is 11.8 Å². The Bertz CT molecular complexity index is 844. The molecule has 0 aromatic heterocycles. The second kappa shape index (κ2) is 6.92. The molecule has 1 aliphatic carbocycles. The maximum Gasteiger partial charge on any atom is 0.0314 e. The number of benzene rings is 3. The molecule has 0 radical (unpaired) electrons. The largest absolute Gasteiger partial charge is 0.399 e. The van der Waals surface area contributed by atoms with Gasteiger partial charge in [0.1, 0.15) is 0 Å². The van der Waals surface area contributed by atoms with E-state index < -0.39 is 0 Å². The quantitative estimate of drug-likeness (QED) is 0.543. The van der Waals surface area contributed by atoms with Crippen molar-refractivity contribution in [3.63, 3.8) is 0 Å². The van der Waals surface area contributed by atoms with Gasteiger partial charge in [0.05, 0.1) is 0 Å². The molecule has 1 fully saturated rings. The fourth-order valence-corrected chi connectivity index (χ4v) is 4.67. The molecule has 1 heteroatoms. The van der Waals surface area contributed by atoms with Crippen molar-refractivity contribution in [3.05, 3.63) is 77.9 Å². The minimum absolute atomic E-state index is 0.612. The summed E-state index contributed by atoms with van der Waals surface area (Å²) in [4.78, 5) is 0. The molecule has 0 heterocycles. The molecule has 3 atom stereocenters. The highest BCUT2D eigenvalue weighted by Crippen LogP contribution is 2.43. The molecule has 3 aromatic carbocycles. The predicted octanol–water partition coefficient (Wildman–Crippen LogP) is 6.50. The molecular weight excluding hydrogens is 302 g/mol. The molecule has 2 N–H and O–H groups in total. The van der Waals surface area contributed by atoms with Crippen LogP contribution in [0.25, 0.3) is 10.8 Å². The van der Waals surface area contributed by atoms with Crippen LogP contribution in [0, 0.1) is 5.92 Å². The van der Waals surface area contributed by atoms with Crippen molar-refractivity contribution >= 4 is 16.5 Å². The number of rotatable bonds is 4. The molecule has 0 bridgehead atoms. The molecule has 0 spiro atoms. The first-order valence-electron chi connectivity index (χ1n) is 9.54. The van der Waals surface area contributed by atoms with Gasteiger partial charge in [-0.2, -0.15) is 0 Å². The summed E-state index contributed by atoms with van der Waals surface area (Å²) < 4.78 is 0. The Labute approximate surface area is 150 Å². The maximum absolute atomic E-state index is 5.83. The average molecular weight is 329 g/mol. The monoisotopic (exact) mass is 329 g/mol. The summed E-state index contributed by atoms with van der Waals surface area (Å²) in [5.74, 6) is 2.16. The number of anilines is 1. The molecule has 1 saturated carbocycles. The SMILES string of the molecule is C[C@@H](C[C@H]1CC[C@@H](c2ccc(N)cc2)C1)c1cccc2ccccc12. The lowest BCUT2D eigenvalue weighted by atomic mass is 9.86. The normalized spacial score (nSPS) is 21.5. The Morgan fingerprint density at radius 2 is 1.68 bits per heavy atom. The first-order chi connectivity index (χ1) is 12.2. The highest BCUT2D eigenvalue weighted by Gasteiger charge is 2.27. The summed E-state index contributed by atoms with van der Waals surface area (Å²) in [6.07, 6.45) is 5.28. The van der Waals surface area contributed by atoms with Crippen molar-refractivity contribution in [1.82, 2.24) is 0 Å². The second-order valence-corrected chi connectivity index (χ2v) is 7.75. The van der Waals surface area contributed by atoms with Gasteiger partial charge in [0.25, 0.3) is 0 Å². The Morgan fingerprint density at radius 1 is 0.920 bits per heavy atom. The lowest BCUT2D eigenvalue weighted by Gasteiger charge is -2.19. The topological polar surface area (TPSA) is 26.0 Å². The van der Waals surface area contributed by atoms with Crippen molar-refractivity contribution in [2.24, 2.45) is 5.92 Å². The van der Waals surface area contributed by atoms with Gasteiger partial charge in [0, 0.05) is 5.69 Å². The van der Waals surface area contributed by atoms with Gasteiger partial charge in [0.15, 0.2) is 0 Å². The molecule has 1 aliphatic rings. The van der Waals surface area contributed by atoms with Gasteiger partial charge in [-0.3, -0.25) is 0 Å². The zero-order chi connectivity index (χ0) is 17.2. The van der Waals surface area contributed by atoms with Crippen LogP contribution in [0.3, 0.4) is 0 Å². The number of fused-ring (bicyclic) bond motifs is 1. The number of nitrogens with two attached hydrogens (primary N) is 1. The molecule has 1 nitrogen and oxygen atoms in total. The zero-order valence-electron chi connectivity index (χ0n) is 15.0. The molecule has 0 aliphatic heterocycles. The van der Waals surface area contributed by atoms with Crippen molar-refractivity contribution in [3.8, 4) is 0 Å². The number of hydrogen-bond donors (Lipinski definition) is 1. The van der Waals surface area contributed by atoms with E-state index in [1.807, 2.05) is 12.1 Å². The molecule has 4 rings (SSSR count). The summed E-state index contributed by atoms with van der Waals surface area (Å²) in [7, 11) is 0. The maximum atomic E-state index is 5.83. The summed E-state index contributed by atoms with van der Waals surface area (Å²) in [6.45, 7) is 2.40. The second-order valence-electron chi connectivity index (χ2n) is 7.75. The van der Waals surface area contributed by atoms with E-state index in [-0.39, 0.29) is 0 Å². The van der Waals surface area contributed by atoms with Crippen LogP contribution in [0.15, 0.2) is 66.7 Å². The van der Waals surface area contributed by atoms with Gasteiger partial charge in [-0.05, 0) is 77.5 Å². The minimum atomic E-state index is 0.612. The molecular formula is C24H27N.